The molecule has 7 heteroatoms. The number of ether oxygens (including phenoxy) is 1. The molecule has 0 spiro atoms. The number of H-pyrrole nitrogens is 1. The highest BCUT2D eigenvalue weighted by Crippen LogP contribution is 2.40. The number of carbonyl (C=O) groups excluding carboxylic acids is 1. The molecule has 3 heterocycles. The largest absolute Gasteiger partial charge is 0.496 e. The summed E-state index contributed by atoms with van der Waals surface area (Å²) in [5.74, 6) is 2.76. The van der Waals surface area contributed by atoms with Crippen molar-refractivity contribution in [3.8, 4) is 5.75 Å². The Balaban J connectivity index is 1.28. The van der Waals surface area contributed by atoms with Crippen LogP contribution in [0.3, 0.4) is 0 Å². The highest BCUT2D eigenvalue weighted by molar-refractivity contribution is 5.81. The molecule has 1 aliphatic carbocycles. The first-order valence-corrected chi connectivity index (χ1v) is 11.3. The topological polar surface area (TPSA) is 78.5 Å². The van der Waals surface area contributed by atoms with Gasteiger partial charge in [-0.15, -0.1) is 0 Å². The second-order valence-electron chi connectivity index (χ2n) is 9.24. The number of hydrogen-bond donors (Lipinski definition) is 1. The Morgan fingerprint density at radius 1 is 1.29 bits per heavy atom. The maximum Gasteiger partial charge on any atom is 0.255 e. The van der Waals surface area contributed by atoms with Gasteiger partial charge in [0.1, 0.15) is 11.6 Å². The van der Waals surface area contributed by atoms with Crippen molar-refractivity contribution in [2.75, 3.05) is 26.7 Å². The van der Waals surface area contributed by atoms with Gasteiger partial charge < -0.3 is 14.6 Å². The van der Waals surface area contributed by atoms with Gasteiger partial charge in [-0.3, -0.25) is 14.5 Å². The second kappa shape index (κ2) is 8.11. The van der Waals surface area contributed by atoms with Gasteiger partial charge in [-0.2, -0.15) is 0 Å². The summed E-state index contributed by atoms with van der Waals surface area (Å²) < 4.78 is 5.47. The molecule has 1 saturated heterocycles. The highest BCUT2D eigenvalue weighted by Gasteiger charge is 2.43. The van der Waals surface area contributed by atoms with Crippen molar-refractivity contribution in [2.45, 2.75) is 45.2 Å². The fourth-order valence-electron chi connectivity index (χ4n) is 4.99. The maximum absolute atomic E-state index is 12.9. The number of nitrogens with zero attached hydrogens (tertiary/aromatic N) is 3. The van der Waals surface area contributed by atoms with Crippen LogP contribution in [0.4, 0.5) is 0 Å². The van der Waals surface area contributed by atoms with E-state index < -0.39 is 0 Å². The zero-order chi connectivity index (χ0) is 21.5. The van der Waals surface area contributed by atoms with Gasteiger partial charge in [-0.05, 0) is 24.8 Å². The quantitative estimate of drug-likeness (QED) is 0.800. The van der Waals surface area contributed by atoms with Gasteiger partial charge in [0.15, 0.2) is 0 Å². The van der Waals surface area contributed by atoms with Crippen LogP contribution in [0.25, 0.3) is 0 Å². The molecule has 2 aliphatic heterocycles. The molecule has 2 aromatic rings. The van der Waals surface area contributed by atoms with E-state index in [0.29, 0.717) is 19.0 Å². The average molecular weight is 423 g/mol. The van der Waals surface area contributed by atoms with Crippen molar-refractivity contribution in [1.82, 2.24) is 19.8 Å². The monoisotopic (exact) mass is 422 g/mol. The molecule has 0 bridgehead atoms. The zero-order valence-electron chi connectivity index (χ0n) is 18.3. The van der Waals surface area contributed by atoms with Crippen LogP contribution in [0.1, 0.15) is 48.3 Å². The van der Waals surface area contributed by atoms with Gasteiger partial charge in [0, 0.05) is 56.5 Å². The number of hydrogen-bond acceptors (Lipinski definition) is 5. The Hall–Kier alpha value is -2.67. The lowest BCUT2D eigenvalue weighted by molar-refractivity contribution is -0.131. The summed E-state index contributed by atoms with van der Waals surface area (Å²) in [5.41, 5.74) is 2.76. The van der Waals surface area contributed by atoms with Crippen molar-refractivity contribution in [3.05, 3.63) is 57.3 Å². The van der Waals surface area contributed by atoms with Crippen molar-refractivity contribution in [2.24, 2.45) is 11.8 Å². The van der Waals surface area contributed by atoms with Crippen LogP contribution in [0.5, 0.6) is 5.75 Å². The minimum absolute atomic E-state index is 0.0367. The van der Waals surface area contributed by atoms with Crippen LogP contribution in [-0.4, -0.2) is 52.4 Å². The lowest BCUT2D eigenvalue weighted by Crippen LogP contribution is -2.36. The van der Waals surface area contributed by atoms with Gasteiger partial charge in [0.2, 0.25) is 5.91 Å². The number of fused-ring (bicyclic) bond motifs is 1. The van der Waals surface area contributed by atoms with Gasteiger partial charge in [0.25, 0.3) is 5.56 Å². The Labute approximate surface area is 182 Å². The lowest BCUT2D eigenvalue weighted by atomic mass is 10.0. The second-order valence-corrected chi connectivity index (χ2v) is 9.24. The van der Waals surface area contributed by atoms with Crippen LogP contribution < -0.4 is 10.3 Å². The number of benzene rings is 1. The van der Waals surface area contributed by atoms with Crippen molar-refractivity contribution < 1.29 is 9.53 Å². The molecule has 31 heavy (non-hydrogen) atoms. The van der Waals surface area contributed by atoms with E-state index in [2.05, 4.69) is 22.9 Å². The van der Waals surface area contributed by atoms with Crippen molar-refractivity contribution >= 4 is 5.91 Å². The summed E-state index contributed by atoms with van der Waals surface area (Å²) >= 11 is 0. The van der Waals surface area contributed by atoms with E-state index in [-0.39, 0.29) is 23.3 Å². The minimum atomic E-state index is -0.0367. The van der Waals surface area contributed by atoms with E-state index in [9.17, 15) is 9.59 Å². The molecule has 2 fully saturated rings. The number of methoxy groups -OCH3 is 1. The summed E-state index contributed by atoms with van der Waals surface area (Å²) in [6, 6.07) is 8.01. The predicted octanol–water partition coefficient (Wildman–Crippen LogP) is 2.31. The average Bonchev–Trinajstić information content (AvgIpc) is 3.31. The third kappa shape index (κ3) is 3.99. The van der Waals surface area contributed by atoms with Crippen LogP contribution >= 0.6 is 0 Å². The number of amides is 1. The molecule has 3 aliphatic rings. The Morgan fingerprint density at radius 2 is 2.10 bits per heavy atom. The third-order valence-corrected chi connectivity index (χ3v) is 7.07. The molecule has 0 unspecified atom stereocenters. The number of rotatable bonds is 5. The summed E-state index contributed by atoms with van der Waals surface area (Å²) in [4.78, 5) is 37.6. The fourth-order valence-corrected chi connectivity index (χ4v) is 4.99. The van der Waals surface area contributed by atoms with Gasteiger partial charge in [0.05, 0.1) is 18.4 Å². The summed E-state index contributed by atoms with van der Waals surface area (Å²) in [6.45, 7) is 5.75. The Kier molecular flexibility index (Phi) is 5.30. The number of carbonyl (C=O) groups is 1. The molecule has 0 radical (unpaired) electrons. The van der Waals surface area contributed by atoms with Gasteiger partial charge >= 0.3 is 0 Å². The molecule has 3 atom stereocenters. The van der Waals surface area contributed by atoms with Crippen LogP contribution in [0.15, 0.2) is 29.1 Å². The van der Waals surface area contributed by atoms with E-state index in [4.69, 9.17) is 9.72 Å². The third-order valence-electron chi connectivity index (χ3n) is 7.07. The molecule has 164 valence electrons. The molecular weight excluding hydrogens is 392 g/mol. The number of para-hydroxylation sites is 1. The van der Waals surface area contributed by atoms with E-state index in [1.165, 1.54) is 0 Å². The number of nitrogens with one attached hydrogen (secondary N) is 1. The minimum Gasteiger partial charge on any atom is -0.496 e. The SMILES string of the molecule is COc1ccccc1CN1CCc2nc([C@@H]3CCN(C(=O)[C@@H]4C[C@@H]4C)C3)[nH]c(=O)c2C1. The molecule has 1 N–H and O–H groups in total. The summed E-state index contributed by atoms with van der Waals surface area (Å²) in [5, 5.41) is 0. The lowest BCUT2D eigenvalue weighted by Gasteiger charge is -2.28. The first-order chi connectivity index (χ1) is 15.0. The van der Waals surface area contributed by atoms with E-state index in [0.717, 1.165) is 67.3 Å². The van der Waals surface area contributed by atoms with E-state index in [1.807, 2.05) is 23.1 Å². The molecular formula is C24H30N4O3. The first-order valence-electron chi connectivity index (χ1n) is 11.3. The Bertz CT molecular complexity index is 1050. The molecule has 7 nitrogen and oxygen atoms in total. The van der Waals surface area contributed by atoms with E-state index >= 15 is 0 Å². The van der Waals surface area contributed by atoms with Crippen LogP contribution in [-0.2, 0) is 24.3 Å². The van der Waals surface area contributed by atoms with Crippen molar-refractivity contribution in [3.63, 3.8) is 0 Å². The molecule has 1 saturated carbocycles. The first kappa shape index (κ1) is 20.2. The molecule has 1 aromatic carbocycles. The molecule has 1 aromatic heterocycles. The van der Waals surface area contributed by atoms with Crippen molar-refractivity contribution in [1.29, 1.82) is 0 Å². The van der Waals surface area contributed by atoms with Crippen LogP contribution in [0.2, 0.25) is 0 Å². The van der Waals surface area contributed by atoms with Gasteiger partial charge in [-0.1, -0.05) is 25.1 Å². The van der Waals surface area contributed by atoms with Crippen LogP contribution in [0, 0.1) is 11.8 Å². The summed E-state index contributed by atoms with van der Waals surface area (Å²) in [7, 11) is 1.68. The zero-order valence-corrected chi connectivity index (χ0v) is 18.3. The number of likely N-dealkylation sites (tertiary alicyclic amines) is 1. The summed E-state index contributed by atoms with van der Waals surface area (Å²) in [6.07, 6.45) is 2.64. The van der Waals surface area contributed by atoms with Gasteiger partial charge in [-0.25, -0.2) is 4.98 Å². The predicted molar refractivity (Wildman–Crippen MR) is 117 cm³/mol. The normalized spacial score (nSPS) is 25.4. The standard InChI is InChI=1S/C24H30N4O3/c1-15-11-18(15)24(30)28-10-7-17(13-28)22-25-20-8-9-27(14-19(20)23(29)26-22)12-16-5-3-4-6-21(16)31-2/h3-6,15,17-18H,7-14H2,1-2H3,(H,25,26,29)/t15-,17+,18+/m0/s1. The Morgan fingerprint density at radius 3 is 2.87 bits per heavy atom. The number of aromatic amines is 1. The molecule has 5 rings (SSSR count). The fraction of sp³-hybridized carbons (Fsp3) is 0.542. The smallest absolute Gasteiger partial charge is 0.255 e. The highest BCUT2D eigenvalue weighted by atomic mass is 16.5. The molecule has 1 amide bonds. The number of aromatic nitrogens is 2. The van der Waals surface area contributed by atoms with E-state index in [1.54, 1.807) is 7.11 Å². The maximum atomic E-state index is 12.9.